The van der Waals surface area contributed by atoms with Gasteiger partial charge in [-0.15, -0.1) is 0 Å². The molecule has 0 spiro atoms. The van der Waals surface area contributed by atoms with Crippen LogP contribution in [0.4, 0.5) is 0 Å². The van der Waals surface area contributed by atoms with Gasteiger partial charge in [0.2, 0.25) is 11.8 Å². The Labute approximate surface area is 681 Å². The Morgan fingerprint density at radius 3 is 0.764 bits per heavy atom. The van der Waals surface area contributed by atoms with Crippen LogP contribution in [0.5, 0.6) is 0 Å². The van der Waals surface area contributed by atoms with E-state index in [1.54, 1.807) is 0 Å². The number of carbonyl (C=O) groups excluding carboxylic acids is 6. The molecule has 0 saturated carbocycles. The maximum atomic E-state index is 13.8. The van der Waals surface area contributed by atoms with Crippen LogP contribution in [0.15, 0.2) is 0 Å². The summed E-state index contributed by atoms with van der Waals surface area (Å²) in [6.07, 6.45) is 72.3. The smallest absolute Gasteiger partial charge is 0.311 e. The Morgan fingerprint density at radius 2 is 0.491 bits per heavy atom. The summed E-state index contributed by atoms with van der Waals surface area (Å²) in [5.41, 5.74) is -1.05. The summed E-state index contributed by atoms with van der Waals surface area (Å²) in [7, 11) is 0. The SMILES string of the molecule is CCCCCCCCCCCOC(=O)CCCCCN(CCCCCCC(C)(C)C(=O)OC(CCCCCCCC)CCCCCCCC)CCNC(=O)CCC(=O)NCCN(CCCCCCC(C)(C)C(=O)OC(CCCCCCCC)CCCCCCCC)CCCCCC(=O)OCCCCCCCCCCC. The topological polar surface area (TPSA) is 170 Å². The average Bonchev–Trinajstić information content (AvgIpc) is 0.878. The molecule has 0 aliphatic rings. The van der Waals surface area contributed by atoms with Gasteiger partial charge < -0.3 is 39.4 Å². The lowest BCUT2D eigenvalue weighted by molar-refractivity contribution is -0.161. The van der Waals surface area contributed by atoms with Crippen LogP contribution in [-0.2, 0) is 47.7 Å². The number of hydrogen-bond acceptors (Lipinski definition) is 12. The molecule has 0 heterocycles. The molecule has 2 N–H and O–H groups in total. The first-order valence-corrected chi connectivity index (χ1v) is 48.2. The van der Waals surface area contributed by atoms with Crippen LogP contribution in [0.2, 0.25) is 0 Å². The molecule has 0 atom stereocenters. The minimum atomic E-state index is -0.524. The summed E-state index contributed by atoms with van der Waals surface area (Å²) >= 11 is 0. The summed E-state index contributed by atoms with van der Waals surface area (Å²) in [5.74, 6) is -0.504. The molecule has 0 rings (SSSR count). The number of esters is 4. The highest BCUT2D eigenvalue weighted by Crippen LogP contribution is 2.31. The van der Waals surface area contributed by atoms with Gasteiger partial charge in [0.1, 0.15) is 12.2 Å². The first-order valence-electron chi connectivity index (χ1n) is 48.2. The van der Waals surface area contributed by atoms with Gasteiger partial charge in [-0.3, -0.25) is 28.8 Å². The number of nitrogens with zero attached hydrogens (tertiary/aromatic N) is 2. The van der Waals surface area contributed by atoms with Crippen molar-refractivity contribution in [2.24, 2.45) is 10.8 Å². The minimum Gasteiger partial charge on any atom is -0.466 e. The molecule has 14 nitrogen and oxygen atoms in total. The number of nitrogens with one attached hydrogen (secondary N) is 2. The van der Waals surface area contributed by atoms with E-state index in [0.717, 1.165) is 206 Å². The van der Waals surface area contributed by atoms with Crippen LogP contribution in [0, 0.1) is 10.8 Å². The zero-order valence-electron chi connectivity index (χ0n) is 74.9. The fourth-order valence-corrected chi connectivity index (χ4v) is 15.2. The quantitative estimate of drug-likeness (QED) is 0.0336. The number of hydrogen-bond donors (Lipinski definition) is 2. The van der Waals surface area contributed by atoms with Crippen LogP contribution in [-0.4, -0.2) is 123 Å². The van der Waals surface area contributed by atoms with Gasteiger partial charge in [-0.05, 0) is 169 Å². The van der Waals surface area contributed by atoms with Crippen LogP contribution in [0.1, 0.15) is 493 Å². The molecule has 0 unspecified atom stereocenters. The molecule has 0 fully saturated rings. The van der Waals surface area contributed by atoms with E-state index in [-0.39, 0.29) is 60.7 Å². The number of carbonyl (C=O) groups is 6. The highest BCUT2D eigenvalue weighted by molar-refractivity contribution is 5.83. The van der Waals surface area contributed by atoms with Gasteiger partial charge in [0.15, 0.2) is 0 Å². The predicted octanol–water partition coefficient (Wildman–Crippen LogP) is 26.7. The van der Waals surface area contributed by atoms with Gasteiger partial charge >= 0.3 is 23.9 Å². The van der Waals surface area contributed by atoms with Gasteiger partial charge in [0.05, 0.1) is 24.0 Å². The standard InChI is InChI=1S/C96H186N4O10/c1-11-17-23-29-35-37-39-49-65-85-107-91(103)71-57-51-63-81-99(79-61-47-45-59-75-95(7,8)93(105)109-87(67-53-41-31-25-19-13-3)68-54-42-32-26-20-14-4)83-77-97-89(101)73-74-90(102)98-78-84-100(82-64-52-58-72-92(104)108-86-66-50-40-38-36-30-24-18-12-2)80-62-48-46-60-76-96(9,10)94(106)110-88(69-55-43-33-27-21-15-5)70-56-44-34-28-22-16-6/h87-88H,11-86H2,1-10H3,(H,97,101)(H,98,102). The van der Waals surface area contributed by atoms with E-state index in [9.17, 15) is 28.8 Å². The lowest BCUT2D eigenvalue weighted by Crippen LogP contribution is -2.37. The molecule has 0 aromatic carbocycles. The first-order chi connectivity index (χ1) is 53.5. The molecular formula is C96H186N4O10. The molecule has 0 aromatic rings. The van der Waals surface area contributed by atoms with Crippen molar-refractivity contribution in [1.82, 2.24) is 20.4 Å². The molecule has 0 radical (unpaired) electrons. The average molecular weight is 1560 g/mol. The summed E-state index contributed by atoms with van der Waals surface area (Å²) in [4.78, 5) is 84.4. The van der Waals surface area contributed by atoms with Gasteiger partial charge in [0.25, 0.3) is 0 Å². The van der Waals surface area contributed by atoms with Crippen molar-refractivity contribution in [2.45, 2.75) is 505 Å². The second-order valence-electron chi connectivity index (χ2n) is 35.0. The Hall–Kier alpha value is -3.26. The first kappa shape index (κ1) is 107. The summed E-state index contributed by atoms with van der Waals surface area (Å²) in [6, 6.07) is 0. The van der Waals surface area contributed by atoms with Crippen molar-refractivity contribution in [2.75, 3.05) is 65.6 Å². The molecule has 650 valence electrons. The number of ether oxygens (including phenoxy) is 4. The molecular weight excluding hydrogens is 1370 g/mol. The molecule has 110 heavy (non-hydrogen) atoms. The fourth-order valence-electron chi connectivity index (χ4n) is 15.2. The van der Waals surface area contributed by atoms with Gasteiger partial charge in [0, 0.05) is 51.9 Å². The highest BCUT2D eigenvalue weighted by atomic mass is 16.6. The van der Waals surface area contributed by atoms with Gasteiger partial charge in [-0.2, -0.15) is 0 Å². The second kappa shape index (κ2) is 79.6. The van der Waals surface area contributed by atoms with E-state index < -0.39 is 10.8 Å². The fraction of sp³-hybridized carbons (Fsp3) is 0.938. The van der Waals surface area contributed by atoms with E-state index in [1.807, 2.05) is 0 Å². The lowest BCUT2D eigenvalue weighted by atomic mass is 9.86. The Bertz CT molecular complexity index is 1900. The summed E-state index contributed by atoms with van der Waals surface area (Å²) in [6.45, 7) is 28.9. The molecule has 0 aliphatic heterocycles. The van der Waals surface area contributed by atoms with Crippen LogP contribution in [0.25, 0.3) is 0 Å². The third-order valence-corrected chi connectivity index (χ3v) is 23.0. The minimum absolute atomic E-state index is 0.0177. The van der Waals surface area contributed by atoms with Crippen molar-refractivity contribution in [3.05, 3.63) is 0 Å². The summed E-state index contributed by atoms with van der Waals surface area (Å²) < 4.78 is 23.9. The largest absolute Gasteiger partial charge is 0.466 e. The van der Waals surface area contributed by atoms with Crippen molar-refractivity contribution in [1.29, 1.82) is 0 Å². The predicted molar refractivity (Wildman–Crippen MR) is 467 cm³/mol. The van der Waals surface area contributed by atoms with Crippen LogP contribution < -0.4 is 10.6 Å². The van der Waals surface area contributed by atoms with E-state index in [1.165, 1.54) is 218 Å². The van der Waals surface area contributed by atoms with E-state index in [4.69, 9.17) is 18.9 Å². The van der Waals surface area contributed by atoms with E-state index >= 15 is 0 Å². The van der Waals surface area contributed by atoms with Gasteiger partial charge in [-0.25, -0.2) is 0 Å². The molecule has 2 amide bonds. The molecule has 0 aliphatic carbocycles. The summed E-state index contributed by atoms with van der Waals surface area (Å²) in [5, 5.41) is 6.25. The zero-order chi connectivity index (χ0) is 80.8. The van der Waals surface area contributed by atoms with Crippen LogP contribution in [0.3, 0.4) is 0 Å². The molecule has 14 heteroatoms. The van der Waals surface area contributed by atoms with Crippen molar-refractivity contribution in [3.63, 3.8) is 0 Å². The lowest BCUT2D eigenvalue weighted by Gasteiger charge is -2.27. The molecule has 0 bridgehead atoms. The highest BCUT2D eigenvalue weighted by Gasteiger charge is 2.32. The molecule has 0 saturated heterocycles. The van der Waals surface area contributed by atoms with E-state index in [0.29, 0.717) is 52.2 Å². The van der Waals surface area contributed by atoms with Gasteiger partial charge in [-0.1, -0.05) is 324 Å². The second-order valence-corrected chi connectivity index (χ2v) is 35.0. The third-order valence-electron chi connectivity index (χ3n) is 23.0. The third kappa shape index (κ3) is 71.3. The van der Waals surface area contributed by atoms with E-state index in [2.05, 4.69) is 89.7 Å². The zero-order valence-corrected chi connectivity index (χ0v) is 74.9. The normalized spacial score (nSPS) is 11.9. The Morgan fingerprint density at radius 1 is 0.264 bits per heavy atom. The number of rotatable bonds is 87. The van der Waals surface area contributed by atoms with Crippen molar-refractivity contribution in [3.8, 4) is 0 Å². The maximum Gasteiger partial charge on any atom is 0.311 e. The number of unbranched alkanes of at least 4 members (excludes halogenated alkanes) is 46. The van der Waals surface area contributed by atoms with Crippen molar-refractivity contribution < 1.29 is 47.7 Å². The molecule has 0 aromatic heterocycles. The monoisotopic (exact) mass is 1560 g/mol. The number of amides is 2. The maximum absolute atomic E-state index is 13.8. The Kier molecular flexibility index (Phi) is 77.2. The van der Waals surface area contributed by atoms with Crippen LogP contribution >= 0.6 is 0 Å². The Balaban J connectivity index is 5.60. The van der Waals surface area contributed by atoms with Crippen molar-refractivity contribution >= 4 is 35.7 Å².